The molecule has 4 rings (SSSR count). The fraction of sp³-hybridized carbons (Fsp3) is 0.684. The molecule has 1 aromatic heterocycles. The summed E-state index contributed by atoms with van der Waals surface area (Å²) in [7, 11) is 2.12. The highest BCUT2D eigenvalue weighted by Gasteiger charge is 2.27. The van der Waals surface area contributed by atoms with Crippen molar-refractivity contribution >= 4 is 28.1 Å². The first-order chi connectivity index (χ1) is 13.1. The smallest absolute Gasteiger partial charge is 0.236 e. The summed E-state index contributed by atoms with van der Waals surface area (Å²) in [5.74, 6) is 1.41. The van der Waals surface area contributed by atoms with Gasteiger partial charge in [0.1, 0.15) is 17.5 Å². The van der Waals surface area contributed by atoms with E-state index in [1.165, 1.54) is 15.4 Å². The van der Waals surface area contributed by atoms with Gasteiger partial charge < -0.3 is 20.0 Å². The zero-order chi connectivity index (χ0) is 18.8. The van der Waals surface area contributed by atoms with Crippen LogP contribution in [-0.2, 0) is 11.2 Å². The molecule has 0 bridgehead atoms. The number of carbonyl (C=O) groups excluding carboxylic acids is 1. The Bertz CT molecular complexity index is 701. The van der Waals surface area contributed by atoms with E-state index in [4.69, 9.17) is 4.99 Å². The number of rotatable bonds is 3. The van der Waals surface area contributed by atoms with Crippen molar-refractivity contribution in [3.63, 3.8) is 0 Å². The van der Waals surface area contributed by atoms with E-state index in [-0.39, 0.29) is 5.91 Å². The molecule has 1 amide bonds. The summed E-state index contributed by atoms with van der Waals surface area (Å²) in [6.45, 7) is 10.8. The summed E-state index contributed by atoms with van der Waals surface area (Å²) >= 11 is 1.85. The molecule has 0 radical (unpaired) electrons. The van der Waals surface area contributed by atoms with Gasteiger partial charge in [0.2, 0.25) is 5.91 Å². The molecule has 0 saturated carbocycles. The maximum absolute atomic E-state index is 12.6. The third-order valence-corrected chi connectivity index (χ3v) is 6.96. The van der Waals surface area contributed by atoms with Crippen LogP contribution in [0.15, 0.2) is 11.1 Å². The van der Waals surface area contributed by atoms with Gasteiger partial charge in [-0.15, -0.1) is 11.3 Å². The Morgan fingerprint density at radius 2 is 1.89 bits per heavy atom. The number of aryl methyl sites for hydroxylation is 1. The van der Waals surface area contributed by atoms with E-state index in [0.29, 0.717) is 13.2 Å². The molecule has 3 aliphatic rings. The Labute approximate surface area is 165 Å². The van der Waals surface area contributed by atoms with Crippen LogP contribution in [0.25, 0.3) is 0 Å². The quantitative estimate of drug-likeness (QED) is 0.829. The predicted molar refractivity (Wildman–Crippen MR) is 111 cm³/mol. The van der Waals surface area contributed by atoms with Gasteiger partial charge >= 0.3 is 0 Å². The number of hydrogen-bond acceptors (Lipinski definition) is 7. The van der Waals surface area contributed by atoms with Crippen LogP contribution < -0.4 is 5.32 Å². The number of aliphatic imine (C=N–C) groups is 1. The monoisotopic (exact) mass is 390 g/mol. The van der Waals surface area contributed by atoms with E-state index in [1.807, 2.05) is 16.2 Å². The fourth-order valence-corrected chi connectivity index (χ4v) is 4.90. The maximum Gasteiger partial charge on any atom is 0.236 e. The normalized spacial score (nSPS) is 21.6. The molecule has 0 aromatic carbocycles. The van der Waals surface area contributed by atoms with E-state index >= 15 is 0 Å². The van der Waals surface area contributed by atoms with Crippen molar-refractivity contribution in [2.45, 2.75) is 13.3 Å². The first-order valence-corrected chi connectivity index (χ1v) is 10.8. The number of nitrogens with one attached hydrogen (secondary N) is 1. The van der Waals surface area contributed by atoms with Crippen LogP contribution in [0.3, 0.4) is 0 Å². The van der Waals surface area contributed by atoms with Crippen LogP contribution in [0.2, 0.25) is 0 Å². The molecule has 7 nitrogen and oxygen atoms in total. The van der Waals surface area contributed by atoms with Crippen molar-refractivity contribution in [2.24, 2.45) is 4.99 Å². The molecule has 0 atom stereocenters. The van der Waals surface area contributed by atoms with Gasteiger partial charge in [-0.25, -0.2) is 4.99 Å². The van der Waals surface area contributed by atoms with Crippen LogP contribution in [-0.4, -0.2) is 104 Å². The molecule has 8 heteroatoms. The molecular formula is C19H30N6OS. The van der Waals surface area contributed by atoms with E-state index in [9.17, 15) is 4.79 Å². The zero-order valence-corrected chi connectivity index (χ0v) is 17.2. The van der Waals surface area contributed by atoms with E-state index in [1.54, 1.807) is 0 Å². The van der Waals surface area contributed by atoms with Crippen LogP contribution in [0.1, 0.15) is 17.4 Å². The van der Waals surface area contributed by atoms with Gasteiger partial charge in [0, 0.05) is 57.2 Å². The summed E-state index contributed by atoms with van der Waals surface area (Å²) < 4.78 is 0. The third-order valence-electron chi connectivity index (χ3n) is 5.73. The average molecular weight is 391 g/mol. The molecule has 0 aliphatic carbocycles. The fourth-order valence-electron chi connectivity index (χ4n) is 3.92. The van der Waals surface area contributed by atoms with Crippen molar-refractivity contribution in [2.75, 3.05) is 77.9 Å². The summed E-state index contributed by atoms with van der Waals surface area (Å²) in [5.41, 5.74) is 1.25. The Balaban J connectivity index is 1.31. The summed E-state index contributed by atoms with van der Waals surface area (Å²) in [6.07, 6.45) is 1.06. The van der Waals surface area contributed by atoms with Crippen molar-refractivity contribution in [3.05, 3.63) is 16.5 Å². The lowest BCUT2D eigenvalue weighted by molar-refractivity contribution is -0.134. The maximum atomic E-state index is 12.6. The average Bonchev–Trinajstić information content (AvgIpc) is 3.12. The van der Waals surface area contributed by atoms with Gasteiger partial charge in [-0.05, 0) is 19.5 Å². The number of hydrogen-bond donors (Lipinski definition) is 1. The Hall–Kier alpha value is -1.64. The number of carbonyl (C=O) groups is 1. The highest BCUT2D eigenvalue weighted by Crippen LogP contribution is 2.32. The highest BCUT2D eigenvalue weighted by atomic mass is 32.1. The van der Waals surface area contributed by atoms with Crippen molar-refractivity contribution in [1.82, 2.24) is 19.6 Å². The molecule has 2 fully saturated rings. The number of thiophene rings is 1. The van der Waals surface area contributed by atoms with Crippen LogP contribution in [0.5, 0.6) is 0 Å². The Kier molecular flexibility index (Phi) is 5.66. The highest BCUT2D eigenvalue weighted by molar-refractivity contribution is 7.16. The molecular weight excluding hydrogens is 360 g/mol. The SMILES string of the molecule is CCc1cc2c(s1)NCN=C2N1CCN(CC(=O)N2CCN(C)CC2)CC1. The van der Waals surface area contributed by atoms with Gasteiger partial charge in [0.05, 0.1) is 12.1 Å². The van der Waals surface area contributed by atoms with Crippen LogP contribution >= 0.6 is 11.3 Å². The van der Waals surface area contributed by atoms with Crippen LogP contribution in [0, 0.1) is 0 Å². The standard InChI is InChI=1S/C19H30N6OS/c1-3-15-12-16-18(20-14-21-19(16)27-15)25-10-6-23(7-11-25)13-17(26)24-8-4-22(2)5-9-24/h12,21H,3-11,13-14H2,1-2H3. The number of piperazine rings is 2. The van der Waals surface area contributed by atoms with E-state index in [2.05, 4.69) is 40.1 Å². The molecule has 0 spiro atoms. The minimum absolute atomic E-state index is 0.281. The Morgan fingerprint density at radius 1 is 1.15 bits per heavy atom. The number of fused-ring (bicyclic) bond motifs is 1. The second-order valence-electron chi connectivity index (χ2n) is 7.57. The van der Waals surface area contributed by atoms with E-state index < -0.39 is 0 Å². The summed E-state index contributed by atoms with van der Waals surface area (Å²) in [5, 5.41) is 4.66. The molecule has 0 unspecified atom stereocenters. The second-order valence-corrected chi connectivity index (χ2v) is 8.71. The zero-order valence-electron chi connectivity index (χ0n) is 16.4. The van der Waals surface area contributed by atoms with E-state index in [0.717, 1.165) is 64.6 Å². The summed E-state index contributed by atoms with van der Waals surface area (Å²) in [4.78, 5) is 27.7. The molecule has 27 heavy (non-hydrogen) atoms. The molecule has 1 aromatic rings. The summed E-state index contributed by atoms with van der Waals surface area (Å²) in [6, 6.07) is 2.29. The first kappa shape index (κ1) is 18.7. The molecule has 2 saturated heterocycles. The topological polar surface area (TPSA) is 54.4 Å². The van der Waals surface area contributed by atoms with Gasteiger partial charge in [-0.3, -0.25) is 9.69 Å². The number of likely N-dealkylation sites (N-methyl/N-ethyl adjacent to an activating group) is 1. The minimum Gasteiger partial charge on any atom is -0.357 e. The third kappa shape index (κ3) is 4.12. The lowest BCUT2D eigenvalue weighted by atomic mass is 10.2. The molecule has 1 N–H and O–H groups in total. The van der Waals surface area contributed by atoms with Crippen molar-refractivity contribution in [3.8, 4) is 0 Å². The van der Waals surface area contributed by atoms with Crippen molar-refractivity contribution < 1.29 is 4.79 Å². The molecule has 148 valence electrons. The van der Waals surface area contributed by atoms with Gasteiger partial charge in [0.15, 0.2) is 0 Å². The lowest BCUT2D eigenvalue weighted by Crippen LogP contribution is -2.54. The number of nitrogens with zero attached hydrogens (tertiary/aromatic N) is 5. The van der Waals surface area contributed by atoms with Gasteiger partial charge in [-0.1, -0.05) is 6.92 Å². The largest absolute Gasteiger partial charge is 0.357 e. The minimum atomic E-state index is 0.281. The predicted octanol–water partition coefficient (Wildman–Crippen LogP) is 0.832. The number of anilines is 1. The van der Waals surface area contributed by atoms with Gasteiger partial charge in [-0.2, -0.15) is 0 Å². The number of amides is 1. The lowest BCUT2D eigenvalue weighted by Gasteiger charge is -2.38. The second kappa shape index (κ2) is 8.16. The molecule has 3 aliphatic heterocycles. The van der Waals surface area contributed by atoms with Crippen LogP contribution in [0.4, 0.5) is 5.00 Å². The number of amidine groups is 1. The first-order valence-electron chi connectivity index (χ1n) is 9.99. The Morgan fingerprint density at radius 3 is 2.59 bits per heavy atom. The molecule has 4 heterocycles. The van der Waals surface area contributed by atoms with Gasteiger partial charge in [0.25, 0.3) is 0 Å². The van der Waals surface area contributed by atoms with Crippen molar-refractivity contribution in [1.29, 1.82) is 0 Å².